The van der Waals surface area contributed by atoms with E-state index in [1.165, 1.54) is 77.5 Å². The van der Waals surface area contributed by atoms with E-state index < -0.39 is 0 Å². The summed E-state index contributed by atoms with van der Waals surface area (Å²) < 4.78 is 0. The molecule has 10 aromatic rings. The molecule has 1 nitrogen and oxygen atoms in total. The van der Waals surface area contributed by atoms with Gasteiger partial charge in [-0.2, -0.15) is 0 Å². The molecule has 0 unspecified atom stereocenters. The van der Waals surface area contributed by atoms with Gasteiger partial charge in [0.1, 0.15) is 0 Å². The average molecular weight is 752 g/mol. The van der Waals surface area contributed by atoms with E-state index in [1.807, 2.05) is 0 Å². The Bertz CT molecular complexity index is 2970. The summed E-state index contributed by atoms with van der Waals surface area (Å²) in [5, 5.41) is 2.51. The summed E-state index contributed by atoms with van der Waals surface area (Å²) in [6, 6.07) is 89.7. The molecule has 278 valence electrons. The zero-order valence-corrected chi connectivity index (χ0v) is 32.6. The maximum atomic E-state index is 2.35. The Balaban J connectivity index is 0.985. The Morgan fingerprint density at radius 3 is 1.12 bits per heavy atom. The van der Waals surface area contributed by atoms with Crippen molar-refractivity contribution in [3.05, 3.63) is 249 Å². The van der Waals surface area contributed by atoms with Gasteiger partial charge in [0.25, 0.3) is 0 Å². The van der Waals surface area contributed by atoms with Crippen LogP contribution in [0, 0.1) is 0 Å². The van der Waals surface area contributed by atoms with Gasteiger partial charge in [0.15, 0.2) is 0 Å². The number of hydrogen-bond donors (Lipinski definition) is 0. The lowest BCUT2D eigenvalue weighted by molar-refractivity contribution is 1.28. The number of anilines is 3. The van der Waals surface area contributed by atoms with Crippen molar-refractivity contribution in [2.24, 2.45) is 0 Å². The third kappa shape index (κ3) is 7.34. The van der Waals surface area contributed by atoms with Crippen LogP contribution in [0.4, 0.5) is 17.1 Å². The lowest BCUT2D eigenvalue weighted by atomic mass is 9.90. The molecule has 0 saturated carbocycles. The number of nitrogens with zero attached hydrogens (tertiary/aromatic N) is 1. The van der Waals surface area contributed by atoms with E-state index in [2.05, 4.69) is 254 Å². The molecule has 0 atom stereocenters. The van der Waals surface area contributed by atoms with Crippen molar-refractivity contribution in [3.8, 4) is 66.8 Å². The van der Waals surface area contributed by atoms with Crippen molar-refractivity contribution < 1.29 is 0 Å². The summed E-state index contributed by atoms with van der Waals surface area (Å²) in [5.74, 6) is 0. The molecule has 0 aromatic heterocycles. The second-order valence-electron chi connectivity index (χ2n) is 14.9. The zero-order chi connectivity index (χ0) is 39.4. The molecule has 0 amide bonds. The van der Waals surface area contributed by atoms with Gasteiger partial charge in [-0.1, -0.05) is 206 Å². The molecular weight excluding hydrogens is 711 g/mol. The van der Waals surface area contributed by atoms with Gasteiger partial charge in [0.2, 0.25) is 0 Å². The Labute approximate surface area is 346 Å². The molecule has 0 radical (unpaired) electrons. The highest BCUT2D eigenvalue weighted by atomic mass is 15.1. The summed E-state index contributed by atoms with van der Waals surface area (Å²) in [6.07, 6.45) is 0. The summed E-state index contributed by atoms with van der Waals surface area (Å²) >= 11 is 0. The van der Waals surface area contributed by atoms with Crippen molar-refractivity contribution in [2.45, 2.75) is 0 Å². The second-order valence-corrected chi connectivity index (χ2v) is 14.9. The normalized spacial score (nSPS) is 11.1. The van der Waals surface area contributed by atoms with Crippen LogP contribution in [0.25, 0.3) is 77.5 Å². The molecule has 0 aliphatic rings. The van der Waals surface area contributed by atoms with Crippen LogP contribution in [0.15, 0.2) is 249 Å². The Morgan fingerprint density at radius 1 is 0.203 bits per heavy atom. The van der Waals surface area contributed by atoms with Gasteiger partial charge in [0, 0.05) is 17.1 Å². The van der Waals surface area contributed by atoms with E-state index in [4.69, 9.17) is 0 Å². The molecule has 0 aliphatic heterocycles. The first kappa shape index (κ1) is 35.7. The smallest absolute Gasteiger partial charge is 0.0462 e. The van der Waals surface area contributed by atoms with Crippen molar-refractivity contribution in [1.29, 1.82) is 0 Å². The molecule has 1 heteroatoms. The molecule has 0 heterocycles. The fourth-order valence-electron chi connectivity index (χ4n) is 8.26. The molecular formula is C58H41N. The maximum Gasteiger partial charge on any atom is 0.0462 e. The molecule has 0 saturated heterocycles. The highest BCUT2D eigenvalue weighted by Gasteiger charge is 2.15. The van der Waals surface area contributed by atoms with Crippen LogP contribution < -0.4 is 4.90 Å². The summed E-state index contributed by atoms with van der Waals surface area (Å²) in [5.41, 5.74) is 17.8. The highest BCUT2D eigenvalue weighted by molar-refractivity contribution is 5.97. The first-order chi connectivity index (χ1) is 29.2. The number of fused-ring (bicyclic) bond motifs is 1. The first-order valence-corrected chi connectivity index (χ1v) is 20.2. The molecule has 0 bridgehead atoms. The molecule has 59 heavy (non-hydrogen) atoms. The quantitative estimate of drug-likeness (QED) is 0.142. The van der Waals surface area contributed by atoms with Gasteiger partial charge in [-0.25, -0.2) is 0 Å². The summed E-state index contributed by atoms with van der Waals surface area (Å²) in [7, 11) is 0. The van der Waals surface area contributed by atoms with E-state index in [-0.39, 0.29) is 0 Å². The van der Waals surface area contributed by atoms with Crippen molar-refractivity contribution in [3.63, 3.8) is 0 Å². The monoisotopic (exact) mass is 751 g/mol. The number of rotatable bonds is 9. The molecule has 0 aliphatic carbocycles. The fraction of sp³-hybridized carbons (Fsp3) is 0. The Morgan fingerprint density at radius 2 is 0.559 bits per heavy atom. The number of benzene rings is 10. The van der Waals surface area contributed by atoms with Crippen LogP contribution in [-0.2, 0) is 0 Å². The minimum atomic E-state index is 1.10. The SMILES string of the molecule is c1ccc(-c2ccc(N(c3ccc(-c4ccc(-c5cc(-c6ccccc6)ccc5-c5ccccc5)cc4)cc3)c3ccc(-c4cccc5ccccc45)cc3)cc2)cc1. The van der Waals surface area contributed by atoms with Crippen molar-refractivity contribution >= 4 is 27.8 Å². The van der Waals surface area contributed by atoms with Crippen molar-refractivity contribution in [1.82, 2.24) is 0 Å². The predicted octanol–water partition coefficient (Wildman–Crippen LogP) is 16.3. The third-order valence-corrected chi connectivity index (χ3v) is 11.3. The molecule has 10 aromatic carbocycles. The van der Waals surface area contributed by atoms with Gasteiger partial charge >= 0.3 is 0 Å². The predicted molar refractivity (Wildman–Crippen MR) is 251 cm³/mol. The molecule has 0 N–H and O–H groups in total. The van der Waals surface area contributed by atoms with E-state index in [0.717, 1.165) is 17.1 Å². The lowest BCUT2D eigenvalue weighted by Crippen LogP contribution is -2.09. The van der Waals surface area contributed by atoms with Gasteiger partial charge < -0.3 is 4.90 Å². The highest BCUT2D eigenvalue weighted by Crippen LogP contribution is 2.40. The van der Waals surface area contributed by atoms with Gasteiger partial charge in [0.05, 0.1) is 0 Å². The van der Waals surface area contributed by atoms with Gasteiger partial charge in [-0.3, -0.25) is 0 Å². The van der Waals surface area contributed by atoms with Crippen LogP contribution in [-0.4, -0.2) is 0 Å². The van der Waals surface area contributed by atoms with E-state index in [1.54, 1.807) is 0 Å². The number of hydrogen-bond acceptors (Lipinski definition) is 1. The van der Waals surface area contributed by atoms with Crippen LogP contribution in [0.5, 0.6) is 0 Å². The fourth-order valence-corrected chi connectivity index (χ4v) is 8.26. The van der Waals surface area contributed by atoms with Crippen LogP contribution >= 0.6 is 0 Å². The standard InChI is InChI=1S/C58H41N/c1-4-13-42(14-5-1)45-27-34-52(35-28-45)59(54-38-31-49(32-39-54)56-22-12-20-48-19-10-11-21-55(48)56)53-36-29-46(30-37-53)44-23-25-50(26-24-44)58-41-51(43-15-6-2-7-16-43)33-40-57(58)47-17-8-3-9-18-47/h1-41H. The minimum absolute atomic E-state index is 1.10. The molecule has 0 fully saturated rings. The first-order valence-electron chi connectivity index (χ1n) is 20.2. The molecule has 10 rings (SSSR count). The van der Waals surface area contributed by atoms with Gasteiger partial charge in [-0.15, -0.1) is 0 Å². The lowest BCUT2D eigenvalue weighted by Gasteiger charge is -2.26. The second kappa shape index (κ2) is 16.0. The Hall–Kier alpha value is -7.74. The topological polar surface area (TPSA) is 3.24 Å². The van der Waals surface area contributed by atoms with Crippen molar-refractivity contribution in [2.75, 3.05) is 4.90 Å². The molecule has 0 spiro atoms. The van der Waals surface area contributed by atoms with E-state index in [0.29, 0.717) is 0 Å². The van der Waals surface area contributed by atoms with Crippen LogP contribution in [0.1, 0.15) is 0 Å². The van der Waals surface area contributed by atoms with Crippen LogP contribution in [0.3, 0.4) is 0 Å². The van der Waals surface area contributed by atoms with Crippen LogP contribution in [0.2, 0.25) is 0 Å². The van der Waals surface area contributed by atoms with Gasteiger partial charge in [-0.05, 0) is 120 Å². The average Bonchev–Trinajstić information content (AvgIpc) is 3.33. The maximum absolute atomic E-state index is 2.35. The van der Waals surface area contributed by atoms with E-state index in [9.17, 15) is 0 Å². The largest absolute Gasteiger partial charge is 0.311 e. The summed E-state index contributed by atoms with van der Waals surface area (Å²) in [6.45, 7) is 0. The zero-order valence-electron chi connectivity index (χ0n) is 32.6. The third-order valence-electron chi connectivity index (χ3n) is 11.3. The minimum Gasteiger partial charge on any atom is -0.311 e. The summed E-state index contributed by atoms with van der Waals surface area (Å²) in [4.78, 5) is 2.35. The Kier molecular flexibility index (Phi) is 9.68. The van der Waals surface area contributed by atoms with E-state index >= 15 is 0 Å².